The summed E-state index contributed by atoms with van der Waals surface area (Å²) in [6, 6.07) is 8.96. The van der Waals surface area contributed by atoms with Gasteiger partial charge in [-0.25, -0.2) is 4.79 Å². The summed E-state index contributed by atoms with van der Waals surface area (Å²) < 4.78 is 5.26. The predicted octanol–water partition coefficient (Wildman–Crippen LogP) is 2.92. The summed E-state index contributed by atoms with van der Waals surface area (Å²) >= 11 is 0. The van der Waals surface area contributed by atoms with Gasteiger partial charge in [-0.3, -0.25) is 0 Å². The maximum Gasteiger partial charge on any atom is 0.407 e. The predicted molar refractivity (Wildman–Crippen MR) is 86.7 cm³/mol. The number of H-pyrrole nitrogens is 1. The van der Waals surface area contributed by atoms with Crippen LogP contribution in [-0.2, 0) is 11.3 Å². The minimum absolute atomic E-state index is 0.172. The summed E-state index contributed by atoms with van der Waals surface area (Å²) in [6.45, 7) is 6.41. The van der Waals surface area contributed by atoms with Crippen LogP contribution in [-0.4, -0.2) is 28.8 Å². The van der Waals surface area contributed by atoms with Crippen LogP contribution in [0, 0.1) is 0 Å². The number of carbonyl (C=O) groups excluding carboxylic acids is 1. The van der Waals surface area contributed by atoms with Gasteiger partial charge in [0.05, 0.1) is 0 Å². The van der Waals surface area contributed by atoms with Gasteiger partial charge >= 0.3 is 6.09 Å². The zero-order valence-corrected chi connectivity index (χ0v) is 13.3. The maximum atomic E-state index is 11.7. The van der Waals surface area contributed by atoms with Crippen molar-refractivity contribution in [2.24, 2.45) is 0 Å². The Morgan fingerprint density at radius 1 is 1.32 bits per heavy atom. The zero-order valence-electron chi connectivity index (χ0n) is 13.3. The molecule has 1 saturated carbocycles. The largest absolute Gasteiger partial charge is 0.444 e. The molecule has 1 aliphatic carbocycles. The molecule has 1 amide bonds. The van der Waals surface area contributed by atoms with Gasteiger partial charge < -0.3 is 20.4 Å². The number of ether oxygens (including phenoxy) is 1. The topological polar surface area (TPSA) is 66.2 Å². The van der Waals surface area contributed by atoms with Crippen LogP contribution in [0.15, 0.2) is 30.5 Å². The van der Waals surface area contributed by atoms with Crippen molar-refractivity contribution in [2.45, 2.75) is 51.4 Å². The molecule has 3 N–H and O–H groups in total. The molecule has 2 aromatic rings. The SMILES string of the molecule is CC(C)(C)OC(=O)NC1CC1NCc1ccc2[nH]ccc2c1. The normalized spacial score (nSPS) is 20.9. The van der Waals surface area contributed by atoms with Crippen molar-refractivity contribution in [1.29, 1.82) is 0 Å². The quantitative estimate of drug-likeness (QED) is 0.813. The number of hydrogen-bond donors (Lipinski definition) is 3. The Morgan fingerprint density at radius 2 is 2.14 bits per heavy atom. The van der Waals surface area contributed by atoms with Crippen LogP contribution in [0.25, 0.3) is 10.9 Å². The van der Waals surface area contributed by atoms with Gasteiger partial charge in [-0.05, 0) is 56.3 Å². The Bertz CT molecular complexity index is 672. The van der Waals surface area contributed by atoms with E-state index in [1.54, 1.807) is 0 Å². The van der Waals surface area contributed by atoms with E-state index < -0.39 is 5.60 Å². The molecule has 1 fully saturated rings. The van der Waals surface area contributed by atoms with Gasteiger partial charge in [0.1, 0.15) is 5.60 Å². The number of nitrogens with one attached hydrogen (secondary N) is 3. The highest BCUT2D eigenvalue weighted by Gasteiger charge is 2.38. The molecule has 5 nitrogen and oxygen atoms in total. The summed E-state index contributed by atoms with van der Waals surface area (Å²) in [6.07, 6.45) is 2.56. The van der Waals surface area contributed by atoms with Gasteiger partial charge in [-0.15, -0.1) is 0 Å². The highest BCUT2D eigenvalue weighted by Crippen LogP contribution is 2.23. The Morgan fingerprint density at radius 3 is 2.91 bits per heavy atom. The van der Waals surface area contributed by atoms with E-state index in [1.807, 2.05) is 27.0 Å². The van der Waals surface area contributed by atoms with Crippen molar-refractivity contribution in [2.75, 3.05) is 0 Å². The van der Waals surface area contributed by atoms with Crippen LogP contribution in [0.4, 0.5) is 4.79 Å². The second kappa shape index (κ2) is 5.65. The lowest BCUT2D eigenvalue weighted by Crippen LogP contribution is -2.36. The average molecular weight is 301 g/mol. The highest BCUT2D eigenvalue weighted by atomic mass is 16.6. The number of rotatable bonds is 4. The first-order valence-corrected chi connectivity index (χ1v) is 7.70. The van der Waals surface area contributed by atoms with E-state index in [2.05, 4.69) is 39.9 Å². The van der Waals surface area contributed by atoms with E-state index in [4.69, 9.17) is 4.74 Å². The number of fused-ring (bicyclic) bond motifs is 1. The molecule has 1 aromatic heterocycles. The van der Waals surface area contributed by atoms with Crippen LogP contribution in [0.1, 0.15) is 32.8 Å². The Kier molecular flexibility index (Phi) is 3.83. The number of amides is 1. The Labute approximate surface area is 130 Å². The monoisotopic (exact) mass is 301 g/mol. The van der Waals surface area contributed by atoms with Crippen LogP contribution in [0.5, 0.6) is 0 Å². The van der Waals surface area contributed by atoms with E-state index >= 15 is 0 Å². The summed E-state index contributed by atoms with van der Waals surface area (Å²) in [5.74, 6) is 0. The van der Waals surface area contributed by atoms with Crippen LogP contribution in [0.3, 0.4) is 0 Å². The van der Waals surface area contributed by atoms with E-state index in [9.17, 15) is 4.79 Å². The smallest absolute Gasteiger partial charge is 0.407 e. The van der Waals surface area contributed by atoms with Gasteiger partial charge in [0.25, 0.3) is 0 Å². The summed E-state index contributed by atoms with van der Waals surface area (Å²) in [5, 5.41) is 7.58. The molecule has 2 unspecified atom stereocenters. The zero-order chi connectivity index (χ0) is 15.7. The van der Waals surface area contributed by atoms with Crippen LogP contribution >= 0.6 is 0 Å². The third kappa shape index (κ3) is 3.80. The minimum Gasteiger partial charge on any atom is -0.444 e. The standard InChI is InChI=1S/C17H23N3O2/c1-17(2,3)22-16(21)20-15-9-14(15)19-10-11-4-5-13-12(8-11)6-7-18-13/h4-8,14-15,18-19H,9-10H2,1-3H3,(H,20,21). The molecule has 2 atom stereocenters. The van der Waals surface area contributed by atoms with Gasteiger partial charge in [0, 0.05) is 30.3 Å². The number of hydrogen-bond acceptors (Lipinski definition) is 3. The molecule has 0 bridgehead atoms. The Balaban J connectivity index is 1.44. The fourth-order valence-corrected chi connectivity index (χ4v) is 2.50. The minimum atomic E-state index is -0.451. The van der Waals surface area contributed by atoms with E-state index in [-0.39, 0.29) is 12.1 Å². The third-order valence-electron chi connectivity index (χ3n) is 3.68. The fraction of sp³-hybridized carbons (Fsp3) is 0.471. The van der Waals surface area contributed by atoms with E-state index in [1.165, 1.54) is 10.9 Å². The first-order chi connectivity index (χ1) is 10.4. The lowest BCUT2D eigenvalue weighted by Gasteiger charge is -2.19. The Hall–Kier alpha value is -2.01. The number of carbonyl (C=O) groups is 1. The van der Waals surface area contributed by atoms with Crippen molar-refractivity contribution in [1.82, 2.24) is 15.6 Å². The van der Waals surface area contributed by atoms with Gasteiger partial charge in [-0.2, -0.15) is 0 Å². The van der Waals surface area contributed by atoms with Gasteiger partial charge in [0.2, 0.25) is 0 Å². The lowest BCUT2D eigenvalue weighted by molar-refractivity contribution is 0.0522. The van der Waals surface area contributed by atoms with E-state index in [0.29, 0.717) is 6.04 Å². The summed E-state index contributed by atoms with van der Waals surface area (Å²) in [5.41, 5.74) is 1.95. The molecular formula is C17H23N3O2. The molecule has 1 heterocycles. The number of benzene rings is 1. The van der Waals surface area contributed by atoms with Crippen LogP contribution < -0.4 is 10.6 Å². The maximum absolute atomic E-state index is 11.7. The third-order valence-corrected chi connectivity index (χ3v) is 3.68. The first kappa shape index (κ1) is 14.9. The van der Waals surface area contributed by atoms with Gasteiger partial charge in [-0.1, -0.05) is 6.07 Å². The molecular weight excluding hydrogens is 278 g/mol. The molecule has 118 valence electrons. The second-order valence-corrected chi connectivity index (χ2v) is 6.88. The fourth-order valence-electron chi connectivity index (χ4n) is 2.50. The molecule has 3 rings (SSSR count). The summed E-state index contributed by atoms with van der Waals surface area (Å²) in [7, 11) is 0. The molecule has 1 aromatic carbocycles. The molecule has 5 heteroatoms. The molecule has 0 radical (unpaired) electrons. The molecule has 0 saturated heterocycles. The molecule has 1 aliphatic rings. The van der Waals surface area contributed by atoms with Crippen molar-refractivity contribution < 1.29 is 9.53 Å². The van der Waals surface area contributed by atoms with Crippen molar-refractivity contribution in [3.8, 4) is 0 Å². The first-order valence-electron chi connectivity index (χ1n) is 7.70. The molecule has 0 aliphatic heterocycles. The van der Waals surface area contributed by atoms with Crippen LogP contribution in [0.2, 0.25) is 0 Å². The molecule has 22 heavy (non-hydrogen) atoms. The van der Waals surface area contributed by atoms with Gasteiger partial charge in [0.15, 0.2) is 0 Å². The van der Waals surface area contributed by atoms with Crippen molar-refractivity contribution in [3.63, 3.8) is 0 Å². The lowest BCUT2D eigenvalue weighted by atomic mass is 10.1. The van der Waals surface area contributed by atoms with Crippen molar-refractivity contribution in [3.05, 3.63) is 36.0 Å². The summed E-state index contributed by atoms with van der Waals surface area (Å²) in [4.78, 5) is 14.9. The average Bonchev–Trinajstić information content (AvgIpc) is 2.97. The molecule has 0 spiro atoms. The number of aromatic nitrogens is 1. The highest BCUT2D eigenvalue weighted by molar-refractivity contribution is 5.79. The van der Waals surface area contributed by atoms with E-state index in [0.717, 1.165) is 18.5 Å². The number of aromatic amines is 1. The van der Waals surface area contributed by atoms with Crippen molar-refractivity contribution >= 4 is 17.0 Å². The number of alkyl carbamates (subject to hydrolysis) is 1. The second-order valence-electron chi connectivity index (χ2n) is 6.88.